The van der Waals surface area contributed by atoms with Gasteiger partial charge in [-0.1, -0.05) is 65.0 Å². The minimum absolute atomic E-state index is 0.237. The number of carbonyl (C=O) groups is 1. The quantitative estimate of drug-likeness (QED) is 0.270. The SMILES string of the molecule is C=C(CC)C(=O)OCCCCCC.C=CC=C. The van der Waals surface area contributed by atoms with Crippen LogP contribution in [0.5, 0.6) is 0 Å². The highest BCUT2D eigenvalue weighted by molar-refractivity contribution is 5.87. The summed E-state index contributed by atoms with van der Waals surface area (Å²) in [5.74, 6) is -0.237. The Balaban J connectivity index is 0. The molecule has 0 bridgehead atoms. The highest BCUT2D eigenvalue weighted by atomic mass is 16.5. The Labute approximate surface area is 106 Å². The van der Waals surface area contributed by atoms with E-state index in [0.29, 0.717) is 18.6 Å². The maximum atomic E-state index is 11.1. The molecule has 0 amide bonds. The van der Waals surface area contributed by atoms with Crippen LogP contribution < -0.4 is 0 Å². The monoisotopic (exact) mass is 238 g/mol. The van der Waals surface area contributed by atoms with Crippen molar-refractivity contribution in [2.75, 3.05) is 6.61 Å². The molecule has 0 saturated heterocycles. The van der Waals surface area contributed by atoms with E-state index in [1.165, 1.54) is 12.8 Å². The van der Waals surface area contributed by atoms with Gasteiger partial charge in [0.1, 0.15) is 0 Å². The number of rotatable bonds is 8. The number of unbranched alkanes of at least 4 members (excludes halogenated alkanes) is 3. The Hall–Kier alpha value is -1.31. The molecule has 0 aromatic rings. The highest BCUT2D eigenvalue weighted by Gasteiger charge is 2.04. The smallest absolute Gasteiger partial charge is 0.333 e. The zero-order valence-electron chi connectivity index (χ0n) is 11.3. The van der Waals surface area contributed by atoms with E-state index in [2.05, 4.69) is 26.7 Å². The van der Waals surface area contributed by atoms with Crippen LogP contribution in [0.4, 0.5) is 0 Å². The number of allylic oxidation sites excluding steroid dienone is 2. The maximum Gasteiger partial charge on any atom is 0.333 e. The first kappa shape index (κ1) is 18.1. The van der Waals surface area contributed by atoms with E-state index in [9.17, 15) is 4.79 Å². The summed E-state index contributed by atoms with van der Waals surface area (Å²) in [6, 6.07) is 0. The molecule has 98 valence electrons. The van der Waals surface area contributed by atoms with Crippen LogP contribution in [0.25, 0.3) is 0 Å². The van der Waals surface area contributed by atoms with E-state index in [4.69, 9.17) is 4.74 Å². The van der Waals surface area contributed by atoms with Crippen LogP contribution in [-0.2, 0) is 9.53 Å². The number of hydrogen-bond donors (Lipinski definition) is 0. The van der Waals surface area contributed by atoms with Crippen molar-refractivity contribution in [2.45, 2.75) is 46.0 Å². The Morgan fingerprint density at radius 1 is 1.12 bits per heavy atom. The topological polar surface area (TPSA) is 26.3 Å². The van der Waals surface area contributed by atoms with Gasteiger partial charge < -0.3 is 4.74 Å². The number of ether oxygens (including phenoxy) is 1. The molecular formula is C15H26O2. The molecule has 0 radical (unpaired) electrons. The summed E-state index contributed by atoms with van der Waals surface area (Å²) in [4.78, 5) is 11.1. The van der Waals surface area contributed by atoms with Crippen LogP contribution >= 0.6 is 0 Å². The molecule has 0 spiro atoms. The minimum Gasteiger partial charge on any atom is -0.462 e. The fourth-order valence-corrected chi connectivity index (χ4v) is 0.940. The highest BCUT2D eigenvalue weighted by Crippen LogP contribution is 2.03. The van der Waals surface area contributed by atoms with E-state index < -0.39 is 0 Å². The number of carbonyl (C=O) groups excluding carboxylic acids is 1. The van der Waals surface area contributed by atoms with Crippen molar-refractivity contribution in [3.05, 3.63) is 37.5 Å². The second-order valence-corrected chi connectivity index (χ2v) is 3.63. The van der Waals surface area contributed by atoms with Crippen molar-refractivity contribution >= 4 is 5.97 Å². The molecule has 0 aliphatic heterocycles. The number of esters is 1. The molecule has 0 aromatic heterocycles. The fourth-order valence-electron chi connectivity index (χ4n) is 0.940. The molecule has 0 atom stereocenters. The summed E-state index contributed by atoms with van der Waals surface area (Å²) < 4.78 is 5.00. The van der Waals surface area contributed by atoms with E-state index >= 15 is 0 Å². The molecule has 17 heavy (non-hydrogen) atoms. The zero-order chi connectivity index (χ0) is 13.5. The van der Waals surface area contributed by atoms with Crippen LogP contribution in [-0.4, -0.2) is 12.6 Å². The van der Waals surface area contributed by atoms with Gasteiger partial charge >= 0.3 is 5.97 Å². The summed E-state index contributed by atoms with van der Waals surface area (Å²) in [5, 5.41) is 0. The molecule has 0 N–H and O–H groups in total. The fraction of sp³-hybridized carbons (Fsp3) is 0.533. The van der Waals surface area contributed by atoms with E-state index in [-0.39, 0.29) is 5.97 Å². The summed E-state index contributed by atoms with van der Waals surface area (Å²) in [6.07, 6.45) is 8.48. The van der Waals surface area contributed by atoms with Crippen molar-refractivity contribution in [1.82, 2.24) is 0 Å². The van der Waals surface area contributed by atoms with Crippen LogP contribution in [0, 0.1) is 0 Å². The van der Waals surface area contributed by atoms with Gasteiger partial charge in [0.2, 0.25) is 0 Å². The van der Waals surface area contributed by atoms with Crippen LogP contribution in [0.2, 0.25) is 0 Å². The Morgan fingerprint density at radius 2 is 1.71 bits per heavy atom. The van der Waals surface area contributed by atoms with Crippen molar-refractivity contribution < 1.29 is 9.53 Å². The van der Waals surface area contributed by atoms with Gasteiger partial charge in [0.05, 0.1) is 6.61 Å². The zero-order valence-corrected chi connectivity index (χ0v) is 11.3. The third-order valence-corrected chi connectivity index (χ3v) is 2.11. The maximum absolute atomic E-state index is 11.1. The first-order valence-corrected chi connectivity index (χ1v) is 6.22. The van der Waals surface area contributed by atoms with Gasteiger partial charge in [0.25, 0.3) is 0 Å². The molecule has 2 nitrogen and oxygen atoms in total. The number of hydrogen-bond acceptors (Lipinski definition) is 2. The Bertz CT molecular complexity index is 223. The molecule has 0 rings (SSSR count). The summed E-state index contributed by atoms with van der Waals surface area (Å²) >= 11 is 0. The average molecular weight is 238 g/mol. The molecule has 2 heteroatoms. The van der Waals surface area contributed by atoms with Crippen LogP contribution in [0.1, 0.15) is 46.0 Å². The first-order valence-electron chi connectivity index (χ1n) is 6.22. The predicted octanol–water partition coefficient (Wildman–Crippen LogP) is 4.43. The standard InChI is InChI=1S/C11H20O2.C4H6/c1-4-6-7-8-9-13-11(12)10(3)5-2;1-3-4-2/h3-9H2,1-2H3;3-4H,1-2H2. The average Bonchev–Trinajstić information content (AvgIpc) is 2.37. The lowest BCUT2D eigenvalue weighted by Gasteiger charge is -2.04. The van der Waals surface area contributed by atoms with E-state index in [0.717, 1.165) is 12.8 Å². The largest absolute Gasteiger partial charge is 0.462 e. The third kappa shape index (κ3) is 14.7. The Morgan fingerprint density at radius 3 is 2.12 bits per heavy atom. The molecule has 0 aromatic carbocycles. The predicted molar refractivity (Wildman–Crippen MR) is 74.9 cm³/mol. The normalized spacial score (nSPS) is 8.59. The van der Waals surface area contributed by atoms with Gasteiger partial charge in [-0.05, 0) is 12.8 Å². The van der Waals surface area contributed by atoms with Gasteiger partial charge in [-0.2, -0.15) is 0 Å². The Kier molecular flexibility index (Phi) is 15.6. The molecule has 0 saturated carbocycles. The molecule has 0 aliphatic rings. The summed E-state index contributed by atoms with van der Waals surface area (Å²) in [7, 11) is 0. The van der Waals surface area contributed by atoms with Crippen molar-refractivity contribution in [2.24, 2.45) is 0 Å². The van der Waals surface area contributed by atoms with Crippen LogP contribution in [0.15, 0.2) is 37.5 Å². The van der Waals surface area contributed by atoms with Gasteiger partial charge in [-0.3, -0.25) is 0 Å². The summed E-state index contributed by atoms with van der Waals surface area (Å²) in [6.45, 7) is 14.9. The molecule has 0 aliphatic carbocycles. The van der Waals surface area contributed by atoms with E-state index in [1.54, 1.807) is 12.2 Å². The van der Waals surface area contributed by atoms with Gasteiger partial charge in [0.15, 0.2) is 0 Å². The lowest BCUT2D eigenvalue weighted by atomic mass is 10.2. The molecule has 0 unspecified atom stereocenters. The lowest BCUT2D eigenvalue weighted by Crippen LogP contribution is -2.07. The second-order valence-electron chi connectivity index (χ2n) is 3.63. The molecular weight excluding hydrogens is 212 g/mol. The van der Waals surface area contributed by atoms with Gasteiger partial charge in [-0.25, -0.2) is 4.79 Å². The molecule has 0 heterocycles. The summed E-state index contributed by atoms with van der Waals surface area (Å²) in [5.41, 5.74) is 0.565. The van der Waals surface area contributed by atoms with Crippen LogP contribution in [0.3, 0.4) is 0 Å². The van der Waals surface area contributed by atoms with Gasteiger partial charge in [-0.15, -0.1) is 0 Å². The van der Waals surface area contributed by atoms with Crippen molar-refractivity contribution in [3.8, 4) is 0 Å². The van der Waals surface area contributed by atoms with Crippen molar-refractivity contribution in [3.63, 3.8) is 0 Å². The first-order chi connectivity index (χ1) is 8.13. The second kappa shape index (κ2) is 14.7. The van der Waals surface area contributed by atoms with E-state index in [1.807, 2.05) is 6.92 Å². The minimum atomic E-state index is -0.237. The van der Waals surface area contributed by atoms with Gasteiger partial charge in [0, 0.05) is 5.57 Å². The third-order valence-electron chi connectivity index (χ3n) is 2.11. The molecule has 0 fully saturated rings. The van der Waals surface area contributed by atoms with Crippen molar-refractivity contribution in [1.29, 1.82) is 0 Å². The lowest BCUT2D eigenvalue weighted by molar-refractivity contribution is -0.139.